The van der Waals surface area contributed by atoms with E-state index in [4.69, 9.17) is 16.6 Å². The maximum atomic E-state index is 12.8. The Balaban J connectivity index is 1.99. The van der Waals surface area contributed by atoms with Crippen LogP contribution < -0.4 is 27.4 Å². The zero-order valence-corrected chi connectivity index (χ0v) is 19.8. The molecule has 4 unspecified atom stereocenters. The lowest BCUT2D eigenvalue weighted by atomic mass is 10.0. The van der Waals surface area contributed by atoms with Crippen LogP contribution in [0.3, 0.4) is 0 Å². The first-order chi connectivity index (χ1) is 16.4. The number of hydrogen-bond acceptors (Lipinski definition) is 6. The Kier molecular flexibility index (Phi) is 9.34. The topological polar surface area (TPSA) is 209 Å². The minimum absolute atomic E-state index is 0.248. The summed E-state index contributed by atoms with van der Waals surface area (Å²) in [6.07, 6.45) is 1.44. The second kappa shape index (κ2) is 12.0. The van der Waals surface area contributed by atoms with Crippen molar-refractivity contribution in [3.63, 3.8) is 0 Å². The molecule has 1 aromatic heterocycles. The number of benzene rings is 1. The number of carbonyl (C=O) groups is 5. The highest BCUT2D eigenvalue weighted by Crippen LogP contribution is 2.19. The molecule has 35 heavy (non-hydrogen) atoms. The van der Waals surface area contributed by atoms with Gasteiger partial charge in [-0.3, -0.25) is 19.2 Å². The van der Waals surface area contributed by atoms with Crippen LogP contribution in [0.15, 0.2) is 30.5 Å². The summed E-state index contributed by atoms with van der Waals surface area (Å²) >= 11 is 0. The minimum Gasteiger partial charge on any atom is -0.480 e. The molecule has 0 fully saturated rings. The molecule has 12 heteroatoms. The molecule has 4 amide bonds. The van der Waals surface area contributed by atoms with E-state index in [1.165, 1.54) is 6.92 Å². The molecule has 190 valence electrons. The Morgan fingerprint density at radius 1 is 0.971 bits per heavy atom. The third-order valence-electron chi connectivity index (χ3n) is 5.47. The summed E-state index contributed by atoms with van der Waals surface area (Å²) in [4.78, 5) is 63.2. The fraction of sp³-hybridized carbons (Fsp3) is 0.435. The van der Waals surface area contributed by atoms with E-state index in [9.17, 15) is 24.0 Å². The third kappa shape index (κ3) is 7.54. The predicted molar refractivity (Wildman–Crippen MR) is 128 cm³/mol. The molecule has 9 N–H and O–H groups in total. The van der Waals surface area contributed by atoms with E-state index in [2.05, 4.69) is 20.9 Å². The average Bonchev–Trinajstić information content (AvgIpc) is 3.18. The van der Waals surface area contributed by atoms with Gasteiger partial charge in [-0.1, -0.05) is 32.0 Å². The summed E-state index contributed by atoms with van der Waals surface area (Å²) in [5, 5.41) is 17.3. The van der Waals surface area contributed by atoms with Gasteiger partial charge in [-0.15, -0.1) is 0 Å². The van der Waals surface area contributed by atoms with Gasteiger partial charge in [0.25, 0.3) is 0 Å². The van der Waals surface area contributed by atoms with Gasteiger partial charge in [0, 0.05) is 17.1 Å². The number of nitrogens with one attached hydrogen (secondary N) is 4. The highest BCUT2D eigenvalue weighted by atomic mass is 16.4. The zero-order chi connectivity index (χ0) is 26.3. The van der Waals surface area contributed by atoms with E-state index in [0.717, 1.165) is 16.5 Å². The highest BCUT2D eigenvalue weighted by molar-refractivity contribution is 5.95. The molecule has 1 aromatic carbocycles. The van der Waals surface area contributed by atoms with Crippen molar-refractivity contribution in [2.45, 2.75) is 57.8 Å². The maximum absolute atomic E-state index is 12.8. The molecule has 0 aliphatic carbocycles. The molecule has 0 radical (unpaired) electrons. The van der Waals surface area contributed by atoms with E-state index in [0.29, 0.717) is 0 Å². The number of aliphatic carboxylic acids is 1. The van der Waals surface area contributed by atoms with Crippen LogP contribution in [0.2, 0.25) is 0 Å². The number of carbonyl (C=O) groups excluding carboxylic acids is 4. The molecule has 0 aliphatic rings. The number of primary amides is 1. The van der Waals surface area contributed by atoms with Gasteiger partial charge < -0.3 is 37.5 Å². The van der Waals surface area contributed by atoms with Gasteiger partial charge >= 0.3 is 5.97 Å². The fourth-order valence-corrected chi connectivity index (χ4v) is 3.49. The number of hydrogen-bond donors (Lipinski definition) is 7. The summed E-state index contributed by atoms with van der Waals surface area (Å²) < 4.78 is 0. The number of amides is 4. The number of aromatic amines is 1. The maximum Gasteiger partial charge on any atom is 0.326 e. The number of fused-ring (bicyclic) bond motifs is 1. The Labute approximate surface area is 202 Å². The SMILES string of the molecule is CC(NC(=O)C(NC(=O)C(N)Cc1c[nH]c2ccccc12)C(C)C)C(=O)NC(CC(N)=O)C(=O)O. The standard InChI is InChI=1S/C23H32N6O6/c1-11(2)19(22(33)27-12(3)20(31)28-17(23(34)35)9-18(25)30)29-21(32)15(24)8-13-10-26-16-7-5-4-6-14(13)16/h4-7,10-12,15,17,19,26H,8-9,24H2,1-3H3,(H2,25,30)(H,27,33)(H,28,31)(H,29,32)(H,34,35). The molecule has 12 nitrogen and oxygen atoms in total. The lowest BCUT2D eigenvalue weighted by molar-refractivity contribution is -0.143. The molecular weight excluding hydrogens is 456 g/mol. The van der Waals surface area contributed by atoms with Crippen LogP contribution >= 0.6 is 0 Å². The van der Waals surface area contributed by atoms with Crippen molar-refractivity contribution in [3.05, 3.63) is 36.0 Å². The van der Waals surface area contributed by atoms with Crippen LogP contribution in [0, 0.1) is 5.92 Å². The zero-order valence-electron chi connectivity index (χ0n) is 19.8. The van der Waals surface area contributed by atoms with Gasteiger partial charge in [-0.2, -0.15) is 0 Å². The van der Waals surface area contributed by atoms with Gasteiger partial charge in [-0.05, 0) is 30.9 Å². The minimum atomic E-state index is -1.53. The quantitative estimate of drug-likeness (QED) is 0.200. The van der Waals surface area contributed by atoms with Crippen LogP contribution in [0.4, 0.5) is 0 Å². The van der Waals surface area contributed by atoms with Crippen molar-refractivity contribution >= 4 is 40.5 Å². The first-order valence-electron chi connectivity index (χ1n) is 11.1. The average molecular weight is 489 g/mol. The third-order valence-corrected chi connectivity index (χ3v) is 5.47. The lowest BCUT2D eigenvalue weighted by Crippen LogP contribution is -2.58. The van der Waals surface area contributed by atoms with E-state index in [1.807, 2.05) is 24.3 Å². The lowest BCUT2D eigenvalue weighted by Gasteiger charge is -2.25. The van der Waals surface area contributed by atoms with Gasteiger partial charge in [0.05, 0.1) is 12.5 Å². The second-order valence-corrected chi connectivity index (χ2v) is 8.70. The molecule has 2 aromatic rings. The number of carboxylic acid groups (broad SMARTS) is 1. The van der Waals surface area contributed by atoms with E-state index in [-0.39, 0.29) is 12.3 Å². The molecule has 0 saturated heterocycles. The molecule has 0 bridgehead atoms. The van der Waals surface area contributed by atoms with Crippen LogP contribution in [0.25, 0.3) is 10.9 Å². The molecule has 1 heterocycles. The second-order valence-electron chi connectivity index (χ2n) is 8.70. The summed E-state index contributed by atoms with van der Waals surface area (Å²) in [5.41, 5.74) is 12.9. The van der Waals surface area contributed by atoms with Crippen molar-refractivity contribution in [2.24, 2.45) is 17.4 Å². The summed E-state index contributed by atoms with van der Waals surface area (Å²) in [6, 6.07) is 3.02. The summed E-state index contributed by atoms with van der Waals surface area (Å²) in [5.74, 6) is -4.67. The van der Waals surface area contributed by atoms with E-state index >= 15 is 0 Å². The molecule has 4 atom stereocenters. The van der Waals surface area contributed by atoms with E-state index in [1.54, 1.807) is 20.0 Å². The van der Waals surface area contributed by atoms with Gasteiger partial charge in [0.1, 0.15) is 18.1 Å². The number of nitrogens with two attached hydrogens (primary N) is 2. The normalized spacial score (nSPS) is 14.5. The highest BCUT2D eigenvalue weighted by Gasteiger charge is 2.30. The van der Waals surface area contributed by atoms with Crippen molar-refractivity contribution in [3.8, 4) is 0 Å². The van der Waals surface area contributed by atoms with Crippen molar-refractivity contribution < 1.29 is 29.1 Å². The Bertz CT molecular complexity index is 1100. The number of carboxylic acids is 1. The number of H-pyrrole nitrogens is 1. The van der Waals surface area contributed by atoms with Crippen molar-refractivity contribution in [2.75, 3.05) is 0 Å². The molecule has 0 saturated carbocycles. The number of rotatable bonds is 12. The Hall–Kier alpha value is -3.93. The van der Waals surface area contributed by atoms with Crippen LogP contribution in [0.1, 0.15) is 32.8 Å². The summed E-state index contributed by atoms with van der Waals surface area (Å²) in [7, 11) is 0. The molecule has 2 rings (SSSR count). The predicted octanol–water partition coefficient (Wildman–Crippen LogP) is -0.872. The molecule has 0 spiro atoms. The first kappa shape index (κ1) is 27.3. The monoisotopic (exact) mass is 488 g/mol. The first-order valence-corrected chi connectivity index (χ1v) is 11.1. The van der Waals surface area contributed by atoms with Crippen molar-refractivity contribution in [1.29, 1.82) is 0 Å². The van der Waals surface area contributed by atoms with Gasteiger partial charge in [-0.25, -0.2) is 4.79 Å². The Morgan fingerprint density at radius 2 is 1.63 bits per heavy atom. The van der Waals surface area contributed by atoms with E-state index < -0.39 is 60.2 Å². The Morgan fingerprint density at radius 3 is 2.23 bits per heavy atom. The van der Waals surface area contributed by atoms with Gasteiger partial charge in [0.15, 0.2) is 0 Å². The fourth-order valence-electron chi connectivity index (χ4n) is 3.49. The van der Waals surface area contributed by atoms with Crippen LogP contribution in [0.5, 0.6) is 0 Å². The number of aromatic nitrogens is 1. The largest absolute Gasteiger partial charge is 0.480 e. The van der Waals surface area contributed by atoms with Crippen LogP contribution in [-0.4, -0.2) is 63.9 Å². The molecular formula is C23H32N6O6. The van der Waals surface area contributed by atoms with Crippen molar-refractivity contribution in [1.82, 2.24) is 20.9 Å². The van der Waals surface area contributed by atoms with Gasteiger partial charge in [0.2, 0.25) is 23.6 Å². The smallest absolute Gasteiger partial charge is 0.326 e. The summed E-state index contributed by atoms with van der Waals surface area (Å²) in [6.45, 7) is 4.78. The molecule has 0 aliphatic heterocycles. The number of para-hydroxylation sites is 1. The van der Waals surface area contributed by atoms with Crippen LogP contribution in [-0.2, 0) is 30.4 Å².